The Balaban J connectivity index is 1.67. The fourth-order valence-corrected chi connectivity index (χ4v) is 4.30. The van der Waals surface area contributed by atoms with Gasteiger partial charge in [-0.2, -0.15) is 0 Å². The highest BCUT2D eigenvalue weighted by molar-refractivity contribution is 6.31. The molecule has 3 aromatic carbocycles. The minimum atomic E-state index is -0.876. The predicted octanol–water partition coefficient (Wildman–Crippen LogP) is 5.88. The Kier molecular flexibility index (Phi) is 5.15. The van der Waals surface area contributed by atoms with Crippen LogP contribution >= 0.6 is 11.6 Å². The van der Waals surface area contributed by atoms with Gasteiger partial charge in [0.25, 0.3) is 5.91 Å². The van der Waals surface area contributed by atoms with E-state index in [1.54, 1.807) is 72.8 Å². The number of para-hydroxylation sites is 2. The molecule has 33 heavy (non-hydrogen) atoms. The van der Waals surface area contributed by atoms with Crippen molar-refractivity contribution in [1.82, 2.24) is 0 Å². The van der Waals surface area contributed by atoms with Crippen LogP contribution in [0, 0.1) is 0 Å². The van der Waals surface area contributed by atoms with Crippen molar-refractivity contribution in [2.24, 2.45) is 0 Å². The van der Waals surface area contributed by atoms with Crippen LogP contribution in [0.25, 0.3) is 11.0 Å². The van der Waals surface area contributed by atoms with E-state index in [0.717, 1.165) is 0 Å². The monoisotopic (exact) mass is 459 g/mol. The van der Waals surface area contributed by atoms with Crippen LogP contribution in [-0.2, 0) is 4.79 Å². The van der Waals surface area contributed by atoms with Crippen LogP contribution in [0.5, 0.6) is 5.75 Å². The topological polar surface area (TPSA) is 80.0 Å². The Morgan fingerprint density at radius 1 is 1.03 bits per heavy atom. The highest BCUT2D eigenvalue weighted by Crippen LogP contribution is 2.45. The lowest BCUT2D eigenvalue weighted by atomic mass is 9.94. The molecule has 5 rings (SSSR count). The van der Waals surface area contributed by atoms with Gasteiger partial charge in [0, 0.05) is 10.4 Å². The zero-order valence-corrected chi connectivity index (χ0v) is 18.2. The molecule has 1 unspecified atom stereocenters. The molecule has 0 aliphatic carbocycles. The van der Waals surface area contributed by atoms with Gasteiger partial charge < -0.3 is 14.3 Å². The molecule has 2 heterocycles. The van der Waals surface area contributed by atoms with Gasteiger partial charge in [-0.25, -0.2) is 0 Å². The maximum absolute atomic E-state index is 13.6. The summed E-state index contributed by atoms with van der Waals surface area (Å²) in [6.45, 7) is 0. The van der Waals surface area contributed by atoms with Crippen LogP contribution < -0.4 is 9.64 Å². The van der Waals surface area contributed by atoms with Crippen molar-refractivity contribution in [3.8, 4) is 5.75 Å². The van der Waals surface area contributed by atoms with Gasteiger partial charge in [0.15, 0.2) is 11.5 Å². The number of nitrogens with zero attached hydrogens (tertiary/aromatic N) is 1. The Hall–Kier alpha value is -4.03. The van der Waals surface area contributed by atoms with Crippen LogP contribution in [0.1, 0.15) is 22.2 Å². The minimum absolute atomic E-state index is 0.00410. The number of furan rings is 1. The summed E-state index contributed by atoms with van der Waals surface area (Å²) in [5.41, 5.74) is 1.50. The summed E-state index contributed by atoms with van der Waals surface area (Å²) >= 11 is 6.06. The standard InChI is InChI=1S/C26H18ClNO5/c1-32-20-10-6-5-9-18(20)28-23(15-7-3-2-4-8-15)22(25(30)26(28)31)24(29)21-14-16-13-17(27)11-12-19(16)33-21/h2-14,23,30H,1H3. The summed E-state index contributed by atoms with van der Waals surface area (Å²) in [6.07, 6.45) is 0. The van der Waals surface area contributed by atoms with Crippen LogP contribution in [0.2, 0.25) is 5.02 Å². The van der Waals surface area contributed by atoms with E-state index >= 15 is 0 Å². The molecule has 0 saturated heterocycles. The highest BCUT2D eigenvalue weighted by Gasteiger charge is 2.46. The van der Waals surface area contributed by atoms with Crippen molar-refractivity contribution in [2.75, 3.05) is 12.0 Å². The first kappa shape index (κ1) is 20.8. The van der Waals surface area contributed by atoms with Gasteiger partial charge >= 0.3 is 0 Å². The normalized spacial score (nSPS) is 16.0. The lowest BCUT2D eigenvalue weighted by Gasteiger charge is -2.28. The predicted molar refractivity (Wildman–Crippen MR) is 125 cm³/mol. The van der Waals surface area contributed by atoms with Gasteiger partial charge in [0.1, 0.15) is 11.3 Å². The first-order valence-corrected chi connectivity index (χ1v) is 10.6. The number of anilines is 1. The van der Waals surface area contributed by atoms with E-state index in [-0.39, 0.29) is 11.3 Å². The molecule has 1 aliphatic heterocycles. The van der Waals surface area contributed by atoms with E-state index in [2.05, 4.69) is 0 Å². The summed E-state index contributed by atoms with van der Waals surface area (Å²) < 4.78 is 11.2. The number of Topliss-reactive ketones (excluding diaryl/α,β-unsaturated/α-hetero) is 1. The zero-order valence-electron chi connectivity index (χ0n) is 17.5. The van der Waals surface area contributed by atoms with Crippen LogP contribution in [0.3, 0.4) is 0 Å². The lowest BCUT2D eigenvalue weighted by molar-refractivity contribution is -0.117. The molecule has 0 fully saturated rings. The number of rotatable bonds is 5. The summed E-state index contributed by atoms with van der Waals surface area (Å²) in [7, 11) is 1.50. The maximum atomic E-state index is 13.6. The third-order valence-electron chi connectivity index (χ3n) is 5.61. The smallest absolute Gasteiger partial charge is 0.294 e. The number of amides is 1. The zero-order chi connectivity index (χ0) is 23.1. The number of ether oxygens (including phenoxy) is 1. The number of hydrogen-bond donors (Lipinski definition) is 1. The summed E-state index contributed by atoms with van der Waals surface area (Å²) in [6, 6.07) is 21.7. The number of carbonyl (C=O) groups excluding carboxylic acids is 2. The average Bonchev–Trinajstić information content (AvgIpc) is 3.37. The lowest BCUT2D eigenvalue weighted by Crippen LogP contribution is -2.31. The number of hydrogen-bond acceptors (Lipinski definition) is 5. The minimum Gasteiger partial charge on any atom is -0.503 e. The largest absolute Gasteiger partial charge is 0.503 e. The first-order chi connectivity index (χ1) is 16.0. The number of methoxy groups -OCH3 is 1. The second kappa shape index (κ2) is 8.15. The van der Waals surface area contributed by atoms with E-state index in [1.807, 2.05) is 6.07 Å². The van der Waals surface area contributed by atoms with Gasteiger partial charge in [-0.1, -0.05) is 54.1 Å². The number of ketones is 1. The summed E-state index contributed by atoms with van der Waals surface area (Å²) in [5.74, 6) is -1.47. The van der Waals surface area contributed by atoms with Gasteiger partial charge in [0.05, 0.1) is 24.4 Å². The van der Waals surface area contributed by atoms with Crippen molar-refractivity contribution in [3.05, 3.63) is 107 Å². The molecule has 1 amide bonds. The Bertz CT molecular complexity index is 1420. The fraction of sp³-hybridized carbons (Fsp3) is 0.0769. The number of aliphatic hydroxyl groups is 1. The molecule has 7 heteroatoms. The van der Waals surface area contributed by atoms with Crippen molar-refractivity contribution in [2.45, 2.75) is 6.04 Å². The Morgan fingerprint density at radius 2 is 1.76 bits per heavy atom. The average molecular weight is 460 g/mol. The maximum Gasteiger partial charge on any atom is 0.294 e. The van der Waals surface area contributed by atoms with E-state index in [1.165, 1.54) is 12.0 Å². The van der Waals surface area contributed by atoms with E-state index in [0.29, 0.717) is 33.0 Å². The molecule has 1 N–H and O–H groups in total. The Morgan fingerprint density at radius 3 is 2.52 bits per heavy atom. The Labute approximate surface area is 194 Å². The van der Waals surface area contributed by atoms with Crippen LogP contribution in [0.15, 0.2) is 94.6 Å². The molecule has 1 aromatic heterocycles. The van der Waals surface area contributed by atoms with E-state index in [9.17, 15) is 14.7 Å². The molecule has 6 nitrogen and oxygen atoms in total. The molecular formula is C26H18ClNO5. The number of carbonyl (C=O) groups is 2. The first-order valence-electron chi connectivity index (χ1n) is 10.2. The van der Waals surface area contributed by atoms with Crippen molar-refractivity contribution >= 4 is 39.9 Å². The quantitative estimate of drug-likeness (QED) is 0.377. The van der Waals surface area contributed by atoms with E-state index < -0.39 is 23.5 Å². The van der Waals surface area contributed by atoms with Crippen LogP contribution in [-0.4, -0.2) is 23.9 Å². The molecule has 164 valence electrons. The van der Waals surface area contributed by atoms with Gasteiger partial charge in [0.2, 0.25) is 5.78 Å². The SMILES string of the molecule is COc1ccccc1N1C(=O)C(O)=C(C(=O)c2cc3cc(Cl)ccc3o2)C1c1ccccc1. The molecule has 0 saturated carbocycles. The molecule has 0 spiro atoms. The van der Waals surface area contributed by atoms with Crippen molar-refractivity contribution in [3.63, 3.8) is 0 Å². The van der Waals surface area contributed by atoms with E-state index in [4.69, 9.17) is 20.8 Å². The van der Waals surface area contributed by atoms with Crippen molar-refractivity contribution in [1.29, 1.82) is 0 Å². The molecule has 1 aliphatic rings. The molecule has 0 radical (unpaired) electrons. The highest BCUT2D eigenvalue weighted by atomic mass is 35.5. The molecule has 0 bridgehead atoms. The number of benzene rings is 3. The third kappa shape index (κ3) is 3.45. The molecule has 4 aromatic rings. The summed E-state index contributed by atoms with van der Waals surface area (Å²) in [5, 5.41) is 12.1. The van der Waals surface area contributed by atoms with Crippen molar-refractivity contribution < 1.29 is 23.8 Å². The fourth-order valence-electron chi connectivity index (χ4n) is 4.12. The second-order valence-corrected chi connectivity index (χ2v) is 7.98. The number of fused-ring (bicyclic) bond motifs is 1. The van der Waals surface area contributed by atoms with Gasteiger partial charge in [-0.05, 0) is 42.0 Å². The van der Waals surface area contributed by atoms with Crippen LogP contribution in [0.4, 0.5) is 5.69 Å². The number of halogens is 1. The number of aliphatic hydroxyl groups excluding tert-OH is 1. The van der Waals surface area contributed by atoms with Gasteiger partial charge in [-0.3, -0.25) is 14.5 Å². The second-order valence-electron chi connectivity index (χ2n) is 7.54. The molecular weight excluding hydrogens is 442 g/mol. The molecule has 1 atom stereocenters. The third-order valence-corrected chi connectivity index (χ3v) is 5.85. The summed E-state index contributed by atoms with van der Waals surface area (Å²) in [4.78, 5) is 28.3. The van der Waals surface area contributed by atoms with Gasteiger partial charge in [-0.15, -0.1) is 0 Å².